The van der Waals surface area contributed by atoms with Gasteiger partial charge in [0, 0.05) is 45.6 Å². The van der Waals surface area contributed by atoms with Gasteiger partial charge in [-0.15, -0.1) is 6.58 Å². The van der Waals surface area contributed by atoms with Gasteiger partial charge >= 0.3 is 0 Å². The van der Waals surface area contributed by atoms with Gasteiger partial charge in [-0.1, -0.05) is 12.5 Å². The Labute approximate surface area is 153 Å². The first-order valence-corrected chi connectivity index (χ1v) is 9.09. The Morgan fingerprint density at radius 1 is 1.36 bits per heavy atom. The van der Waals surface area contributed by atoms with Crippen LogP contribution in [0.15, 0.2) is 17.6 Å². The molecule has 1 aromatic rings. The largest absolute Gasteiger partial charge is 0.383 e. The van der Waals surface area contributed by atoms with Gasteiger partial charge in [-0.3, -0.25) is 9.67 Å². The van der Waals surface area contributed by atoms with Gasteiger partial charge in [-0.25, -0.2) is 0 Å². The van der Waals surface area contributed by atoms with E-state index in [2.05, 4.69) is 47.8 Å². The van der Waals surface area contributed by atoms with Crippen LogP contribution in [0.25, 0.3) is 0 Å². The quantitative estimate of drug-likeness (QED) is 0.289. The number of aliphatic imine (C=N–C) groups is 1. The summed E-state index contributed by atoms with van der Waals surface area (Å²) in [5, 5.41) is 8.07. The molecular weight excluding hydrogens is 314 g/mol. The lowest BCUT2D eigenvalue weighted by Crippen LogP contribution is -2.39. The summed E-state index contributed by atoms with van der Waals surface area (Å²) in [4.78, 5) is 6.59. The summed E-state index contributed by atoms with van der Waals surface area (Å²) in [5.41, 5.74) is 3.48. The maximum atomic E-state index is 5.15. The molecule has 1 N–H and O–H groups in total. The Hall–Kier alpha value is -1.82. The molecule has 0 aromatic carbocycles. The van der Waals surface area contributed by atoms with Crippen molar-refractivity contribution in [1.29, 1.82) is 0 Å². The van der Waals surface area contributed by atoms with Crippen LogP contribution in [0.5, 0.6) is 0 Å². The summed E-state index contributed by atoms with van der Waals surface area (Å²) in [7, 11) is 5.63. The second kappa shape index (κ2) is 11.7. The van der Waals surface area contributed by atoms with E-state index in [4.69, 9.17) is 4.74 Å². The molecule has 0 aliphatic carbocycles. The second-order valence-corrected chi connectivity index (χ2v) is 6.33. The molecule has 142 valence electrons. The molecule has 1 rings (SSSR count). The normalized spacial score (nSPS) is 11.6. The third-order valence-electron chi connectivity index (χ3n) is 4.44. The number of ether oxygens (including phenoxy) is 1. The smallest absolute Gasteiger partial charge is 0.193 e. The topological polar surface area (TPSA) is 54.7 Å². The maximum absolute atomic E-state index is 5.15. The Balaban J connectivity index is 2.54. The fraction of sp³-hybridized carbons (Fsp3) is 0.684. The lowest BCUT2D eigenvalue weighted by molar-refractivity contribution is 0.182. The average Bonchev–Trinajstić information content (AvgIpc) is 2.87. The van der Waals surface area contributed by atoms with Gasteiger partial charge in [0.15, 0.2) is 5.96 Å². The Morgan fingerprint density at radius 3 is 2.76 bits per heavy atom. The molecule has 6 nitrogen and oxygen atoms in total. The Bertz CT molecular complexity index is 550. The van der Waals surface area contributed by atoms with Crippen molar-refractivity contribution in [3.63, 3.8) is 0 Å². The van der Waals surface area contributed by atoms with E-state index in [0.717, 1.165) is 44.1 Å². The molecule has 0 atom stereocenters. The van der Waals surface area contributed by atoms with Crippen molar-refractivity contribution in [2.24, 2.45) is 4.99 Å². The minimum atomic E-state index is 0.672. The number of hydrogen-bond acceptors (Lipinski definition) is 3. The monoisotopic (exact) mass is 349 g/mol. The molecule has 1 heterocycles. The first-order chi connectivity index (χ1) is 12.0. The maximum Gasteiger partial charge on any atom is 0.193 e. The molecule has 0 amide bonds. The number of guanidine groups is 1. The lowest BCUT2D eigenvalue weighted by Gasteiger charge is -2.22. The predicted octanol–water partition coefficient (Wildman–Crippen LogP) is 2.90. The third kappa shape index (κ3) is 6.90. The number of nitrogens with zero attached hydrogens (tertiary/aromatic N) is 4. The molecule has 0 saturated heterocycles. The number of hydrogen-bond donors (Lipinski definition) is 1. The number of aromatic nitrogens is 2. The van der Waals surface area contributed by atoms with Crippen LogP contribution in [0.1, 0.15) is 42.6 Å². The van der Waals surface area contributed by atoms with E-state index < -0.39 is 0 Å². The number of nitrogens with one attached hydrogen (secondary N) is 1. The van der Waals surface area contributed by atoms with Crippen LogP contribution in [0.3, 0.4) is 0 Å². The molecule has 0 spiro atoms. The molecule has 1 aromatic heterocycles. The minimum absolute atomic E-state index is 0.672. The van der Waals surface area contributed by atoms with Crippen LogP contribution < -0.4 is 5.32 Å². The van der Waals surface area contributed by atoms with E-state index >= 15 is 0 Å². The van der Waals surface area contributed by atoms with E-state index in [1.165, 1.54) is 24.1 Å². The van der Waals surface area contributed by atoms with Crippen molar-refractivity contribution < 1.29 is 4.74 Å². The first-order valence-electron chi connectivity index (χ1n) is 9.09. The molecule has 6 heteroatoms. The van der Waals surface area contributed by atoms with E-state index in [0.29, 0.717) is 6.61 Å². The van der Waals surface area contributed by atoms with Gasteiger partial charge in [0.25, 0.3) is 0 Å². The molecule has 0 unspecified atom stereocenters. The van der Waals surface area contributed by atoms with Crippen LogP contribution in [0.4, 0.5) is 0 Å². The van der Waals surface area contributed by atoms with E-state index in [1.807, 2.05) is 17.8 Å². The zero-order valence-electron chi connectivity index (χ0n) is 16.6. The second-order valence-electron chi connectivity index (χ2n) is 6.33. The van der Waals surface area contributed by atoms with Gasteiger partial charge in [-0.05, 0) is 33.1 Å². The molecule has 0 aliphatic heterocycles. The third-order valence-corrected chi connectivity index (χ3v) is 4.44. The van der Waals surface area contributed by atoms with E-state index in [1.54, 1.807) is 7.11 Å². The van der Waals surface area contributed by atoms with Crippen molar-refractivity contribution in [3.8, 4) is 0 Å². The van der Waals surface area contributed by atoms with Crippen molar-refractivity contribution >= 4 is 5.96 Å². The highest BCUT2D eigenvalue weighted by Crippen LogP contribution is 2.13. The van der Waals surface area contributed by atoms with Crippen molar-refractivity contribution in [3.05, 3.63) is 29.6 Å². The summed E-state index contributed by atoms with van der Waals surface area (Å²) in [6.45, 7) is 11.1. The average molecular weight is 350 g/mol. The Kier molecular flexibility index (Phi) is 9.92. The summed E-state index contributed by atoms with van der Waals surface area (Å²) in [6, 6.07) is 0. The predicted molar refractivity (Wildman–Crippen MR) is 105 cm³/mol. The SMILES string of the molecule is C=CCCCCCN(C)C(=NC)NCc1c(C)nn(CCOC)c1C. The van der Waals surface area contributed by atoms with Crippen molar-refractivity contribution in [2.75, 3.05) is 34.4 Å². The first kappa shape index (κ1) is 21.2. The van der Waals surface area contributed by atoms with Crippen LogP contribution in [-0.4, -0.2) is 55.0 Å². The van der Waals surface area contributed by atoms with Crippen LogP contribution in [0.2, 0.25) is 0 Å². The summed E-state index contributed by atoms with van der Waals surface area (Å²) in [6.07, 6.45) is 6.68. The highest BCUT2D eigenvalue weighted by Gasteiger charge is 2.13. The number of unbranched alkanes of at least 4 members (excludes halogenated alkanes) is 3. The van der Waals surface area contributed by atoms with Crippen molar-refractivity contribution in [2.45, 2.75) is 52.6 Å². The minimum Gasteiger partial charge on any atom is -0.383 e. The molecule has 0 bridgehead atoms. The van der Waals surface area contributed by atoms with Gasteiger partial charge in [0.05, 0.1) is 18.8 Å². The fourth-order valence-corrected chi connectivity index (χ4v) is 2.86. The number of rotatable bonds is 11. The highest BCUT2D eigenvalue weighted by molar-refractivity contribution is 5.79. The summed E-state index contributed by atoms with van der Waals surface area (Å²) >= 11 is 0. The number of allylic oxidation sites excluding steroid dienone is 1. The van der Waals surface area contributed by atoms with Crippen LogP contribution >= 0.6 is 0 Å². The van der Waals surface area contributed by atoms with Crippen LogP contribution in [0, 0.1) is 13.8 Å². The zero-order chi connectivity index (χ0) is 18.7. The molecular formula is C19H35N5O. The molecule has 0 fully saturated rings. The van der Waals surface area contributed by atoms with E-state index in [9.17, 15) is 0 Å². The molecule has 0 aliphatic rings. The molecule has 0 saturated carbocycles. The Morgan fingerprint density at radius 2 is 2.12 bits per heavy atom. The summed E-state index contributed by atoms with van der Waals surface area (Å²) < 4.78 is 7.17. The van der Waals surface area contributed by atoms with Gasteiger partial charge in [0.1, 0.15) is 0 Å². The molecule has 25 heavy (non-hydrogen) atoms. The lowest BCUT2D eigenvalue weighted by atomic mass is 10.2. The van der Waals surface area contributed by atoms with Crippen LogP contribution in [-0.2, 0) is 17.8 Å². The van der Waals surface area contributed by atoms with Crippen molar-refractivity contribution in [1.82, 2.24) is 20.0 Å². The van der Waals surface area contributed by atoms with Gasteiger partial charge in [0.2, 0.25) is 0 Å². The summed E-state index contributed by atoms with van der Waals surface area (Å²) in [5.74, 6) is 0.923. The fourth-order valence-electron chi connectivity index (χ4n) is 2.86. The van der Waals surface area contributed by atoms with Gasteiger partial charge in [-0.2, -0.15) is 5.10 Å². The number of methoxy groups -OCH3 is 1. The number of aryl methyl sites for hydroxylation is 1. The molecule has 0 radical (unpaired) electrons. The van der Waals surface area contributed by atoms with E-state index in [-0.39, 0.29) is 0 Å². The standard InChI is InChI=1S/C19H35N5O/c1-7-8-9-10-11-12-23(5)19(20-4)21-15-18-16(2)22-24(17(18)3)13-14-25-6/h7H,1,8-15H2,2-6H3,(H,20,21). The zero-order valence-corrected chi connectivity index (χ0v) is 16.6. The van der Waals surface area contributed by atoms with Gasteiger partial charge < -0.3 is 15.0 Å². The highest BCUT2D eigenvalue weighted by atomic mass is 16.5.